The molecule has 0 fully saturated rings. The molecule has 0 spiro atoms. The van der Waals surface area contributed by atoms with Gasteiger partial charge in [0, 0.05) is 28.6 Å². The van der Waals surface area contributed by atoms with Crippen LogP contribution in [0, 0.1) is 6.92 Å². The van der Waals surface area contributed by atoms with Crippen LogP contribution in [0.15, 0.2) is 12.3 Å². The predicted molar refractivity (Wildman–Crippen MR) is 94.9 cm³/mol. The number of hydrogen-bond acceptors (Lipinski definition) is 5. The molecule has 0 aromatic carbocycles. The molecule has 1 atom stereocenters. The van der Waals surface area contributed by atoms with E-state index in [2.05, 4.69) is 29.5 Å². The molecule has 3 amide bonds. The van der Waals surface area contributed by atoms with Gasteiger partial charge in [-0.2, -0.15) is 6.42 Å². The second-order valence-electron chi connectivity index (χ2n) is 6.58. The first-order chi connectivity index (χ1) is 12.0. The summed E-state index contributed by atoms with van der Waals surface area (Å²) < 4.78 is 4.96. The van der Waals surface area contributed by atoms with E-state index in [0.717, 1.165) is 6.42 Å². The van der Waals surface area contributed by atoms with Crippen molar-refractivity contribution in [1.29, 1.82) is 0 Å². The number of alkyl carbamates (subject to hydrolysis) is 1. The van der Waals surface area contributed by atoms with Gasteiger partial charge in [0.1, 0.15) is 12.1 Å². The summed E-state index contributed by atoms with van der Waals surface area (Å²) in [5, 5.41) is 15.9. The van der Waals surface area contributed by atoms with Crippen LogP contribution in [0.25, 0.3) is 0 Å². The Morgan fingerprint density at radius 1 is 1.15 bits per heavy atom. The van der Waals surface area contributed by atoms with Crippen LogP contribution in [0.3, 0.4) is 0 Å². The van der Waals surface area contributed by atoms with E-state index in [4.69, 9.17) is 4.74 Å². The molecule has 0 saturated carbocycles. The first kappa shape index (κ1) is 27.1. The minimum Gasteiger partial charge on any atom is -0.479 e. The maximum Gasteiger partial charge on any atom is 0.408 e. The SMILES string of the molecule is C=C(NC(=O)CCCC[CH2-])[C@@H](NC(=O)CNC(=O)OC(C)(C)C)C(=O)O.[Ni]. The second-order valence-corrected chi connectivity index (χ2v) is 6.58. The zero-order valence-corrected chi connectivity index (χ0v) is 16.8. The summed E-state index contributed by atoms with van der Waals surface area (Å²) in [5.41, 5.74) is -0.890. The van der Waals surface area contributed by atoms with E-state index in [1.165, 1.54) is 0 Å². The van der Waals surface area contributed by atoms with Crippen molar-refractivity contribution < 1.29 is 45.5 Å². The fourth-order valence-electron chi connectivity index (χ4n) is 1.75. The fourth-order valence-corrected chi connectivity index (χ4v) is 1.75. The maximum atomic E-state index is 11.8. The molecule has 0 heterocycles. The van der Waals surface area contributed by atoms with E-state index < -0.39 is 42.1 Å². The molecule has 10 heteroatoms. The van der Waals surface area contributed by atoms with Gasteiger partial charge in [-0.05, 0) is 27.2 Å². The standard InChI is InChI=1S/C17H28N3O6.Ni/c1-6-7-8-9-12(21)19-11(2)14(15(23)24)20-13(22)10-18-16(25)26-17(3,4)5;/h14H,1-2,6-10H2,3-5H3,(H,18,25)(H,19,21)(H,20,22)(H,23,24);/q-1;/t14-;/m1./s1. The number of rotatable bonds is 10. The monoisotopic (exact) mass is 428 g/mol. The van der Waals surface area contributed by atoms with E-state index in [9.17, 15) is 24.3 Å². The summed E-state index contributed by atoms with van der Waals surface area (Å²) >= 11 is 0. The number of carbonyl (C=O) groups is 4. The third-order valence-corrected chi connectivity index (χ3v) is 2.90. The van der Waals surface area contributed by atoms with Crippen LogP contribution >= 0.6 is 0 Å². The molecule has 0 aromatic rings. The van der Waals surface area contributed by atoms with Gasteiger partial charge >= 0.3 is 12.1 Å². The van der Waals surface area contributed by atoms with Crippen molar-refractivity contribution in [2.45, 2.75) is 58.1 Å². The average Bonchev–Trinajstić information content (AvgIpc) is 2.48. The van der Waals surface area contributed by atoms with Gasteiger partial charge in [-0.1, -0.05) is 13.0 Å². The molecule has 4 N–H and O–H groups in total. The number of hydrogen-bond donors (Lipinski definition) is 4. The number of carboxylic acids is 1. The van der Waals surface area contributed by atoms with Crippen LogP contribution < -0.4 is 16.0 Å². The molecule has 0 aliphatic carbocycles. The van der Waals surface area contributed by atoms with Gasteiger partial charge in [-0.3, -0.25) is 9.59 Å². The Bertz CT molecular complexity index is 545. The van der Waals surface area contributed by atoms with Gasteiger partial charge in [0.2, 0.25) is 11.8 Å². The minimum absolute atomic E-state index is 0. The molecule has 9 nitrogen and oxygen atoms in total. The van der Waals surface area contributed by atoms with E-state index in [1.807, 2.05) is 0 Å². The summed E-state index contributed by atoms with van der Waals surface area (Å²) in [6, 6.07) is -1.51. The number of aliphatic carboxylic acids is 1. The first-order valence-electron chi connectivity index (χ1n) is 8.23. The summed E-state index contributed by atoms with van der Waals surface area (Å²) in [6.45, 7) is 11.7. The first-order valence-corrected chi connectivity index (χ1v) is 8.23. The summed E-state index contributed by atoms with van der Waals surface area (Å²) in [7, 11) is 0. The third-order valence-electron chi connectivity index (χ3n) is 2.90. The minimum atomic E-state index is -1.51. The molecule has 27 heavy (non-hydrogen) atoms. The maximum absolute atomic E-state index is 11.8. The summed E-state index contributed by atoms with van der Waals surface area (Å²) in [5.74, 6) is -2.55. The fraction of sp³-hybridized carbons (Fsp3) is 0.588. The molecule has 0 aliphatic rings. The van der Waals surface area contributed by atoms with Crippen LogP contribution in [0.5, 0.6) is 0 Å². The number of nitrogens with one attached hydrogen (secondary N) is 3. The van der Waals surface area contributed by atoms with Crippen molar-refractivity contribution in [3.05, 3.63) is 19.2 Å². The van der Waals surface area contributed by atoms with E-state index >= 15 is 0 Å². The molecule has 0 aliphatic heterocycles. The number of carbonyl (C=O) groups excluding carboxylic acids is 3. The Kier molecular flexibility index (Phi) is 13.2. The molecule has 0 unspecified atom stereocenters. The molecule has 0 saturated heterocycles. The second kappa shape index (κ2) is 13.1. The van der Waals surface area contributed by atoms with E-state index in [0.29, 0.717) is 12.8 Å². The van der Waals surface area contributed by atoms with Crippen molar-refractivity contribution in [2.24, 2.45) is 0 Å². The van der Waals surface area contributed by atoms with Gasteiger partial charge in [0.15, 0.2) is 6.04 Å². The van der Waals surface area contributed by atoms with Crippen LogP contribution in [0.2, 0.25) is 0 Å². The molecule has 0 rings (SSSR count). The van der Waals surface area contributed by atoms with Crippen molar-refractivity contribution in [3.8, 4) is 0 Å². The van der Waals surface area contributed by atoms with Gasteiger partial charge < -0.3 is 32.7 Å². The summed E-state index contributed by atoms with van der Waals surface area (Å²) in [6.07, 6.45) is 1.49. The number of carboxylic acid groups (broad SMARTS) is 1. The van der Waals surface area contributed by atoms with Crippen molar-refractivity contribution in [2.75, 3.05) is 6.54 Å². The molecule has 0 aromatic heterocycles. The number of amides is 3. The van der Waals surface area contributed by atoms with Crippen molar-refractivity contribution in [1.82, 2.24) is 16.0 Å². The largest absolute Gasteiger partial charge is 0.479 e. The zero-order valence-electron chi connectivity index (χ0n) is 15.8. The van der Waals surface area contributed by atoms with Crippen LogP contribution in [-0.4, -0.2) is 47.2 Å². The average molecular weight is 429 g/mol. The topological polar surface area (TPSA) is 134 Å². The van der Waals surface area contributed by atoms with E-state index in [-0.39, 0.29) is 28.6 Å². The van der Waals surface area contributed by atoms with Crippen LogP contribution in [-0.2, 0) is 35.6 Å². The smallest absolute Gasteiger partial charge is 0.408 e. The summed E-state index contributed by atoms with van der Waals surface area (Å²) in [4.78, 5) is 46.3. The third kappa shape index (κ3) is 13.7. The molecule has 158 valence electrons. The van der Waals surface area contributed by atoms with Crippen LogP contribution in [0.1, 0.15) is 46.5 Å². The Morgan fingerprint density at radius 3 is 2.22 bits per heavy atom. The predicted octanol–water partition coefficient (Wildman–Crippen LogP) is 1.10. The number of ether oxygens (including phenoxy) is 1. The van der Waals surface area contributed by atoms with Crippen molar-refractivity contribution >= 4 is 23.9 Å². The molecule has 0 bridgehead atoms. The molecular weight excluding hydrogens is 401 g/mol. The molecular formula is C17H28N3NiO6-. The number of unbranched alkanes of at least 4 members (excludes halogenated alkanes) is 2. The zero-order chi connectivity index (χ0) is 20.3. The van der Waals surface area contributed by atoms with Crippen LogP contribution in [0.4, 0.5) is 4.79 Å². The Hall–Kier alpha value is -2.09. The Labute approximate surface area is 169 Å². The van der Waals surface area contributed by atoms with Gasteiger partial charge in [-0.15, -0.1) is 0 Å². The van der Waals surface area contributed by atoms with E-state index in [1.54, 1.807) is 20.8 Å². The van der Waals surface area contributed by atoms with Gasteiger partial charge in [0.25, 0.3) is 0 Å². The normalized spacial score (nSPS) is 11.4. The Balaban J connectivity index is 0. The quantitative estimate of drug-likeness (QED) is 0.234. The van der Waals surface area contributed by atoms with Gasteiger partial charge in [-0.25, -0.2) is 9.59 Å². The van der Waals surface area contributed by atoms with Crippen molar-refractivity contribution in [3.63, 3.8) is 0 Å². The Morgan fingerprint density at radius 2 is 1.74 bits per heavy atom. The van der Waals surface area contributed by atoms with Gasteiger partial charge in [0.05, 0.1) is 0 Å². The molecule has 0 radical (unpaired) electrons.